The second-order valence-electron chi connectivity index (χ2n) is 2.44. The van der Waals surface area contributed by atoms with Crippen LogP contribution in [0.3, 0.4) is 0 Å². The molecule has 1 aliphatic rings. The van der Waals surface area contributed by atoms with Gasteiger partial charge in [-0.2, -0.15) is 0 Å². The van der Waals surface area contributed by atoms with Gasteiger partial charge in [0.15, 0.2) is 0 Å². The van der Waals surface area contributed by atoms with Crippen LogP contribution in [-0.4, -0.2) is 11.7 Å². The van der Waals surface area contributed by atoms with E-state index >= 15 is 0 Å². The largest absolute Gasteiger partial charge is 0.397 e. The lowest BCUT2D eigenvalue weighted by molar-refractivity contribution is 0.318. The van der Waals surface area contributed by atoms with Gasteiger partial charge in [-0.3, -0.25) is 0 Å². The van der Waals surface area contributed by atoms with Crippen LogP contribution in [0.2, 0.25) is 0 Å². The second kappa shape index (κ2) is 48.4. The van der Waals surface area contributed by atoms with Crippen molar-refractivity contribution in [3.8, 4) is 0 Å². The lowest BCUT2D eigenvalue weighted by Gasteiger charge is -2.05. The highest BCUT2D eigenvalue weighted by Crippen LogP contribution is 2.15. The minimum atomic E-state index is 0. The molecule has 1 heteroatoms. The van der Waals surface area contributed by atoms with E-state index in [1.807, 2.05) is 0 Å². The Morgan fingerprint density at radius 1 is 0.600 bits per heavy atom. The number of aliphatic hydroxyl groups is 1. The molecule has 1 N–H and O–H groups in total. The van der Waals surface area contributed by atoms with Crippen LogP contribution >= 0.6 is 0 Å². The van der Waals surface area contributed by atoms with Crippen molar-refractivity contribution in [3.63, 3.8) is 0 Å². The molecule has 1 aliphatic carbocycles. The predicted octanol–water partition coefficient (Wildman–Crippen LogP) is 6.16. The van der Waals surface area contributed by atoms with Gasteiger partial charge in [0.2, 0.25) is 0 Å². The summed E-state index contributed by atoms with van der Waals surface area (Å²) in [7, 11) is 0. The molecule has 0 radical (unpaired) electrons. The number of hydrogen-bond acceptors (Lipinski definition) is 1. The highest BCUT2D eigenvalue weighted by atomic mass is 16.2. The zero-order chi connectivity index (χ0) is 6.95. The lowest BCUT2D eigenvalue weighted by atomic mass is 10.0. The predicted molar refractivity (Wildman–Crippen MR) is 80.8 cm³/mol. The summed E-state index contributed by atoms with van der Waals surface area (Å²) in [5.74, 6) is 0. The minimum absolute atomic E-state index is 0. The Balaban J connectivity index is -0.0000000133. The third kappa shape index (κ3) is 56.2. The van der Waals surface area contributed by atoms with E-state index in [1.54, 1.807) is 6.92 Å². The summed E-state index contributed by atoms with van der Waals surface area (Å²) in [6.45, 7) is 1.93. The fourth-order valence-electron chi connectivity index (χ4n) is 1.06. The molecular formula is C14H42O. The Kier molecular flexibility index (Phi) is 148. The van der Waals surface area contributed by atoms with E-state index in [4.69, 9.17) is 5.11 Å². The van der Waals surface area contributed by atoms with Crippen molar-refractivity contribution in [2.24, 2.45) is 0 Å². The molecule has 0 saturated heterocycles. The number of aliphatic hydroxyl groups excluding tert-OH is 1. The summed E-state index contributed by atoms with van der Waals surface area (Å²) in [5, 5.41) is 7.57. The maximum absolute atomic E-state index is 7.57. The number of hydrogen-bond donors (Lipinski definition) is 1. The Morgan fingerprint density at radius 2 is 0.667 bits per heavy atom. The van der Waals surface area contributed by atoms with Gasteiger partial charge < -0.3 is 5.11 Å². The van der Waals surface area contributed by atoms with Gasteiger partial charge in [0.25, 0.3) is 0 Å². The first-order valence-electron chi connectivity index (χ1n) is 4.02. The lowest BCUT2D eigenvalue weighted by Crippen LogP contribution is -1.85. The molecule has 0 aromatic heterocycles. The molecule has 15 heavy (non-hydrogen) atoms. The third-order valence-corrected chi connectivity index (χ3v) is 1.50. The van der Waals surface area contributed by atoms with Crippen LogP contribution < -0.4 is 0 Å². The maximum Gasteiger partial charge on any atom is 0.0402 e. The van der Waals surface area contributed by atoms with Gasteiger partial charge in [-0.1, -0.05) is 83.1 Å². The topological polar surface area (TPSA) is 20.2 Å². The van der Waals surface area contributed by atoms with Crippen LogP contribution in [-0.2, 0) is 0 Å². The van der Waals surface area contributed by atoms with E-state index in [1.165, 1.54) is 38.5 Å². The summed E-state index contributed by atoms with van der Waals surface area (Å²) in [5.41, 5.74) is 0. The van der Waals surface area contributed by atoms with E-state index in [2.05, 4.69) is 0 Å². The molecule has 104 valence electrons. The van der Waals surface area contributed by atoms with Crippen LogP contribution in [0.25, 0.3) is 0 Å². The summed E-state index contributed by atoms with van der Waals surface area (Å²) < 4.78 is 0. The van der Waals surface area contributed by atoms with Crippen LogP contribution in [0.4, 0.5) is 0 Å². The average molecular weight is 226 g/mol. The molecule has 0 bridgehead atoms. The van der Waals surface area contributed by atoms with Crippen LogP contribution in [0.15, 0.2) is 0 Å². The molecular weight excluding hydrogens is 184 g/mol. The first kappa shape index (κ1) is 46.0. The van der Waals surface area contributed by atoms with Gasteiger partial charge in [-0.25, -0.2) is 0 Å². The molecule has 1 saturated carbocycles. The molecule has 0 unspecified atom stereocenters. The van der Waals surface area contributed by atoms with E-state index in [9.17, 15) is 0 Å². The maximum atomic E-state index is 7.57. The molecule has 0 aromatic rings. The quantitative estimate of drug-likeness (QED) is 0.525. The van der Waals surface area contributed by atoms with Crippen molar-refractivity contribution in [2.45, 2.75) is 90.0 Å². The van der Waals surface area contributed by atoms with Crippen molar-refractivity contribution in [1.82, 2.24) is 0 Å². The number of rotatable bonds is 0. The summed E-state index contributed by atoms with van der Waals surface area (Å²) in [4.78, 5) is 0. The van der Waals surface area contributed by atoms with Gasteiger partial charge in [-0.05, 0) is 6.92 Å². The van der Waals surface area contributed by atoms with Gasteiger partial charge >= 0.3 is 0 Å². The van der Waals surface area contributed by atoms with Crippen molar-refractivity contribution in [2.75, 3.05) is 6.61 Å². The standard InChI is InChI=1S/C6H12.C2H6O.6CH4/c1-2-4-6-5-3-1;1-2-3;;;;;;/h1-6H2;3H,2H2,1H3;6*1H4. The van der Waals surface area contributed by atoms with Gasteiger partial charge in [-0.15, -0.1) is 0 Å². The fourth-order valence-corrected chi connectivity index (χ4v) is 1.06. The molecule has 1 rings (SSSR count). The minimum Gasteiger partial charge on any atom is -0.397 e. The molecule has 1 nitrogen and oxygen atoms in total. The van der Waals surface area contributed by atoms with Gasteiger partial charge in [0.1, 0.15) is 0 Å². The Labute approximate surface area is 102 Å². The van der Waals surface area contributed by atoms with Gasteiger partial charge in [0, 0.05) is 6.61 Å². The molecule has 0 aliphatic heterocycles. The zero-order valence-corrected chi connectivity index (χ0v) is 6.40. The molecule has 1 fully saturated rings. The van der Waals surface area contributed by atoms with Crippen molar-refractivity contribution < 1.29 is 5.11 Å². The van der Waals surface area contributed by atoms with E-state index < -0.39 is 0 Å². The highest BCUT2D eigenvalue weighted by molar-refractivity contribution is 4.51. The van der Waals surface area contributed by atoms with Crippen molar-refractivity contribution in [1.29, 1.82) is 0 Å². The molecule has 0 aromatic carbocycles. The second-order valence-corrected chi connectivity index (χ2v) is 2.44. The zero-order valence-electron chi connectivity index (χ0n) is 6.40. The summed E-state index contributed by atoms with van der Waals surface area (Å²) >= 11 is 0. The summed E-state index contributed by atoms with van der Waals surface area (Å²) in [6, 6.07) is 0. The first-order chi connectivity index (χ1) is 4.41. The normalized spacial score (nSPS) is 10.8. The third-order valence-electron chi connectivity index (χ3n) is 1.50. The fraction of sp³-hybridized carbons (Fsp3) is 1.00. The van der Waals surface area contributed by atoms with Gasteiger partial charge in [0.05, 0.1) is 0 Å². The molecule has 0 atom stereocenters. The van der Waals surface area contributed by atoms with E-state index in [-0.39, 0.29) is 51.2 Å². The van der Waals surface area contributed by atoms with Crippen molar-refractivity contribution >= 4 is 0 Å². The smallest absolute Gasteiger partial charge is 0.0402 e. The monoisotopic (exact) mass is 226 g/mol. The van der Waals surface area contributed by atoms with Crippen LogP contribution in [0, 0.1) is 0 Å². The van der Waals surface area contributed by atoms with Crippen molar-refractivity contribution in [3.05, 3.63) is 0 Å². The van der Waals surface area contributed by atoms with E-state index in [0.717, 1.165) is 0 Å². The molecule has 0 amide bonds. The molecule has 0 spiro atoms. The first-order valence-corrected chi connectivity index (χ1v) is 4.02. The highest BCUT2D eigenvalue weighted by Gasteiger charge is 1.95. The van der Waals surface area contributed by atoms with Crippen LogP contribution in [0.1, 0.15) is 90.0 Å². The van der Waals surface area contributed by atoms with Crippen LogP contribution in [0.5, 0.6) is 0 Å². The average Bonchev–Trinajstić information content (AvgIpc) is 1.93. The molecule has 0 heterocycles. The van der Waals surface area contributed by atoms with E-state index in [0.29, 0.717) is 0 Å². The Morgan fingerprint density at radius 3 is 0.733 bits per heavy atom. The summed E-state index contributed by atoms with van der Waals surface area (Å²) in [6.07, 6.45) is 9.00. The Bertz CT molecular complexity index is 29.1. The Hall–Kier alpha value is -0.0400. The SMILES string of the molecule is C.C.C.C.C.C.C1CCCCC1.CCO.